The Morgan fingerprint density at radius 3 is 2.57 bits per heavy atom. The first kappa shape index (κ1) is 15.7. The molecular weight excluding hydrogens is 262 g/mol. The van der Waals surface area contributed by atoms with Crippen molar-refractivity contribution in [2.24, 2.45) is 11.1 Å². The lowest BCUT2D eigenvalue weighted by Gasteiger charge is -2.60. The van der Waals surface area contributed by atoms with E-state index in [2.05, 4.69) is 37.6 Å². The number of likely N-dealkylation sites (tertiary alicyclic amines) is 1. The van der Waals surface area contributed by atoms with Gasteiger partial charge in [0.25, 0.3) is 0 Å². The van der Waals surface area contributed by atoms with E-state index in [9.17, 15) is 0 Å². The summed E-state index contributed by atoms with van der Waals surface area (Å²) in [5, 5.41) is 0. The molecule has 0 aromatic carbocycles. The lowest BCUT2D eigenvalue weighted by molar-refractivity contribution is -0.156. The summed E-state index contributed by atoms with van der Waals surface area (Å²) in [5.74, 6) is 0. The highest BCUT2D eigenvalue weighted by atomic mass is 16.5. The number of nitrogens with zero attached hydrogens (tertiary/aromatic N) is 2. The van der Waals surface area contributed by atoms with E-state index in [0.717, 1.165) is 31.7 Å². The lowest BCUT2D eigenvalue weighted by atomic mass is 9.54. The van der Waals surface area contributed by atoms with Gasteiger partial charge in [-0.3, -0.25) is 9.80 Å². The highest BCUT2D eigenvalue weighted by Gasteiger charge is 2.59. The highest BCUT2D eigenvalue weighted by molar-refractivity contribution is 5.15. The quantitative estimate of drug-likeness (QED) is 0.857. The van der Waals surface area contributed by atoms with E-state index in [-0.39, 0.29) is 11.0 Å². The van der Waals surface area contributed by atoms with Crippen LogP contribution in [0.2, 0.25) is 0 Å². The molecule has 4 atom stereocenters. The van der Waals surface area contributed by atoms with Gasteiger partial charge in [0.1, 0.15) is 0 Å². The van der Waals surface area contributed by atoms with Crippen LogP contribution in [0.3, 0.4) is 0 Å². The molecule has 0 spiro atoms. The SMILES string of the molecule is CCOC1CC(N)(CN2CCC3CCC(C2)N3C)C1(C)C. The van der Waals surface area contributed by atoms with Gasteiger partial charge in [0.2, 0.25) is 0 Å². The van der Waals surface area contributed by atoms with Crippen molar-refractivity contribution in [3.05, 3.63) is 0 Å². The first-order valence-electron chi connectivity index (χ1n) is 8.72. The van der Waals surface area contributed by atoms with Gasteiger partial charge in [-0.15, -0.1) is 0 Å². The third kappa shape index (κ3) is 2.54. The van der Waals surface area contributed by atoms with Gasteiger partial charge in [0, 0.05) is 42.7 Å². The van der Waals surface area contributed by atoms with E-state index < -0.39 is 0 Å². The third-order valence-electron chi connectivity index (χ3n) is 6.74. The number of fused-ring (bicyclic) bond motifs is 2. The number of rotatable bonds is 4. The average molecular weight is 295 g/mol. The summed E-state index contributed by atoms with van der Waals surface area (Å²) in [6, 6.07) is 1.55. The van der Waals surface area contributed by atoms with Gasteiger partial charge in [-0.1, -0.05) is 13.8 Å². The number of ether oxygens (including phenoxy) is 1. The number of hydrogen-bond donors (Lipinski definition) is 1. The van der Waals surface area contributed by atoms with Crippen molar-refractivity contribution in [3.8, 4) is 0 Å². The maximum Gasteiger partial charge on any atom is 0.0662 e. The second kappa shape index (κ2) is 5.48. The number of likely N-dealkylation sites (N-methyl/N-ethyl adjacent to an activating group) is 1. The molecule has 2 heterocycles. The number of nitrogens with two attached hydrogens (primary N) is 1. The maximum absolute atomic E-state index is 6.78. The van der Waals surface area contributed by atoms with Gasteiger partial charge < -0.3 is 10.5 Å². The molecule has 4 heteroatoms. The molecule has 0 radical (unpaired) electrons. The molecule has 0 amide bonds. The minimum absolute atomic E-state index is 0.0836. The minimum atomic E-state index is -0.0883. The van der Waals surface area contributed by atoms with Crippen molar-refractivity contribution in [1.29, 1.82) is 0 Å². The van der Waals surface area contributed by atoms with Crippen LogP contribution in [-0.4, -0.2) is 66.8 Å². The molecule has 4 unspecified atom stereocenters. The summed E-state index contributed by atoms with van der Waals surface area (Å²) in [6.07, 6.45) is 5.40. The van der Waals surface area contributed by atoms with Gasteiger partial charge in [0.05, 0.1) is 6.10 Å². The first-order chi connectivity index (χ1) is 9.87. The standard InChI is InChI=1S/C17H33N3O/c1-5-21-15-10-17(18,16(15,2)3)12-20-9-8-13-6-7-14(11-20)19(13)4/h13-15H,5-12,18H2,1-4H3. The molecule has 2 N–H and O–H groups in total. The highest BCUT2D eigenvalue weighted by Crippen LogP contribution is 2.50. The van der Waals surface area contributed by atoms with Crippen molar-refractivity contribution in [2.75, 3.05) is 33.3 Å². The van der Waals surface area contributed by atoms with Gasteiger partial charge >= 0.3 is 0 Å². The molecule has 1 saturated carbocycles. The number of hydrogen-bond acceptors (Lipinski definition) is 4. The zero-order valence-corrected chi connectivity index (χ0v) is 14.3. The molecule has 3 fully saturated rings. The molecule has 2 saturated heterocycles. The van der Waals surface area contributed by atoms with Gasteiger partial charge in [-0.25, -0.2) is 0 Å². The fourth-order valence-electron chi connectivity index (χ4n) is 4.70. The summed E-state index contributed by atoms with van der Waals surface area (Å²) in [6.45, 7) is 10.9. The summed E-state index contributed by atoms with van der Waals surface area (Å²) in [4.78, 5) is 5.24. The van der Waals surface area contributed by atoms with Crippen LogP contribution in [0.15, 0.2) is 0 Å². The van der Waals surface area contributed by atoms with Crippen LogP contribution < -0.4 is 5.73 Å². The largest absolute Gasteiger partial charge is 0.378 e. The Labute approximate surface area is 130 Å². The van der Waals surface area contributed by atoms with Gasteiger partial charge in [-0.2, -0.15) is 0 Å². The maximum atomic E-state index is 6.78. The zero-order valence-electron chi connectivity index (χ0n) is 14.3. The molecule has 0 aromatic heterocycles. The fraction of sp³-hybridized carbons (Fsp3) is 1.00. The Morgan fingerprint density at radius 2 is 1.90 bits per heavy atom. The van der Waals surface area contributed by atoms with Crippen LogP contribution in [-0.2, 0) is 4.74 Å². The molecule has 1 aliphatic carbocycles. The van der Waals surface area contributed by atoms with Crippen LogP contribution >= 0.6 is 0 Å². The predicted octanol–water partition coefficient (Wildman–Crippen LogP) is 1.69. The van der Waals surface area contributed by atoms with Crippen molar-refractivity contribution < 1.29 is 4.74 Å². The topological polar surface area (TPSA) is 41.7 Å². The van der Waals surface area contributed by atoms with Gasteiger partial charge in [0.15, 0.2) is 0 Å². The first-order valence-corrected chi connectivity index (χ1v) is 8.72. The molecular formula is C17H33N3O. The van der Waals surface area contributed by atoms with Crippen LogP contribution in [0.4, 0.5) is 0 Å². The molecule has 3 aliphatic rings. The molecule has 3 rings (SSSR count). The van der Waals surface area contributed by atoms with E-state index in [4.69, 9.17) is 10.5 Å². The Hall–Kier alpha value is -0.160. The molecule has 0 aromatic rings. The van der Waals surface area contributed by atoms with Crippen LogP contribution in [0.25, 0.3) is 0 Å². The van der Waals surface area contributed by atoms with E-state index in [1.807, 2.05) is 0 Å². The molecule has 4 nitrogen and oxygen atoms in total. The second-order valence-electron chi connectivity index (χ2n) is 8.10. The summed E-state index contributed by atoms with van der Waals surface area (Å²) in [7, 11) is 2.31. The van der Waals surface area contributed by atoms with E-state index in [1.54, 1.807) is 0 Å². The van der Waals surface area contributed by atoms with E-state index in [1.165, 1.54) is 32.4 Å². The Kier molecular flexibility index (Phi) is 4.11. The van der Waals surface area contributed by atoms with Crippen molar-refractivity contribution in [2.45, 2.75) is 70.2 Å². The second-order valence-corrected chi connectivity index (χ2v) is 8.10. The predicted molar refractivity (Wildman–Crippen MR) is 86.4 cm³/mol. The molecule has 2 bridgehead atoms. The minimum Gasteiger partial charge on any atom is -0.378 e. The van der Waals surface area contributed by atoms with Crippen LogP contribution in [0, 0.1) is 5.41 Å². The fourth-order valence-corrected chi connectivity index (χ4v) is 4.70. The lowest BCUT2D eigenvalue weighted by Crippen LogP contribution is -2.73. The summed E-state index contributed by atoms with van der Waals surface area (Å²) >= 11 is 0. The van der Waals surface area contributed by atoms with Crippen LogP contribution in [0.1, 0.15) is 46.5 Å². The Bertz CT molecular complexity index is 386. The third-order valence-corrected chi connectivity index (χ3v) is 6.74. The smallest absolute Gasteiger partial charge is 0.0662 e. The van der Waals surface area contributed by atoms with Crippen molar-refractivity contribution in [1.82, 2.24) is 9.80 Å². The Morgan fingerprint density at radius 1 is 1.19 bits per heavy atom. The molecule has 21 heavy (non-hydrogen) atoms. The summed E-state index contributed by atoms with van der Waals surface area (Å²) < 4.78 is 5.86. The van der Waals surface area contributed by atoms with E-state index >= 15 is 0 Å². The van der Waals surface area contributed by atoms with Crippen molar-refractivity contribution in [3.63, 3.8) is 0 Å². The normalized spacial score (nSPS) is 43.6. The van der Waals surface area contributed by atoms with Crippen LogP contribution in [0.5, 0.6) is 0 Å². The van der Waals surface area contributed by atoms with Crippen molar-refractivity contribution >= 4 is 0 Å². The average Bonchev–Trinajstić information content (AvgIpc) is 2.67. The van der Waals surface area contributed by atoms with E-state index in [0.29, 0.717) is 6.10 Å². The zero-order chi connectivity index (χ0) is 15.3. The molecule has 2 aliphatic heterocycles. The van der Waals surface area contributed by atoms with Gasteiger partial charge in [-0.05, 0) is 46.2 Å². The molecule has 122 valence electrons. The monoisotopic (exact) mass is 295 g/mol. The summed E-state index contributed by atoms with van der Waals surface area (Å²) in [5.41, 5.74) is 6.78. The Balaban J connectivity index is 1.62.